The molecule has 1 rings (SSSR count). The first-order chi connectivity index (χ1) is 9.71. The van der Waals surface area contributed by atoms with E-state index in [0.29, 0.717) is 25.4 Å². The van der Waals surface area contributed by atoms with Crippen molar-refractivity contribution in [2.45, 2.75) is 39.2 Å². The molecule has 0 spiro atoms. The number of benzene rings is 1. The van der Waals surface area contributed by atoms with Crippen molar-refractivity contribution in [1.29, 1.82) is 0 Å². The molecular weight excluding hydrogens is 256 g/mol. The molecule has 0 N–H and O–H groups in total. The van der Waals surface area contributed by atoms with Crippen molar-refractivity contribution in [3.8, 4) is 5.75 Å². The molecule has 0 aliphatic rings. The fourth-order valence-corrected chi connectivity index (χ4v) is 1.84. The van der Waals surface area contributed by atoms with E-state index in [1.54, 1.807) is 14.0 Å². The number of carbonyl (C=O) groups excluding carboxylic acids is 1. The normalized spacial score (nSPS) is 11.9. The van der Waals surface area contributed by atoms with Gasteiger partial charge in [-0.05, 0) is 37.5 Å². The van der Waals surface area contributed by atoms with E-state index in [4.69, 9.17) is 14.2 Å². The van der Waals surface area contributed by atoms with E-state index >= 15 is 0 Å². The van der Waals surface area contributed by atoms with Gasteiger partial charge in [0.2, 0.25) is 0 Å². The van der Waals surface area contributed by atoms with Gasteiger partial charge >= 0.3 is 5.97 Å². The molecule has 0 aliphatic heterocycles. The number of carbonyl (C=O) groups is 1. The summed E-state index contributed by atoms with van der Waals surface area (Å²) in [5.74, 6) is 0.399. The van der Waals surface area contributed by atoms with Crippen molar-refractivity contribution < 1.29 is 19.0 Å². The van der Waals surface area contributed by atoms with Gasteiger partial charge in [0.05, 0.1) is 13.2 Å². The maximum Gasteiger partial charge on any atom is 0.347 e. The molecular formula is C16H24O4. The zero-order valence-corrected chi connectivity index (χ0v) is 12.6. The lowest BCUT2D eigenvalue weighted by atomic mass is 10.1. The summed E-state index contributed by atoms with van der Waals surface area (Å²) in [6.07, 6.45) is 1.87. The van der Waals surface area contributed by atoms with E-state index in [1.165, 1.54) is 5.56 Å². The summed E-state index contributed by atoms with van der Waals surface area (Å²) in [6, 6.07) is 7.74. The molecule has 4 heteroatoms. The van der Waals surface area contributed by atoms with Crippen LogP contribution in [0.3, 0.4) is 0 Å². The van der Waals surface area contributed by atoms with Gasteiger partial charge < -0.3 is 14.2 Å². The fraction of sp³-hybridized carbons (Fsp3) is 0.562. The number of esters is 1. The molecule has 0 saturated heterocycles. The second-order valence-corrected chi connectivity index (χ2v) is 4.53. The zero-order valence-electron chi connectivity index (χ0n) is 12.6. The Morgan fingerprint density at radius 3 is 2.45 bits per heavy atom. The highest BCUT2D eigenvalue weighted by Crippen LogP contribution is 2.17. The van der Waals surface area contributed by atoms with Gasteiger partial charge in [0.1, 0.15) is 5.75 Å². The van der Waals surface area contributed by atoms with Crippen molar-refractivity contribution in [2.75, 3.05) is 20.3 Å². The zero-order chi connectivity index (χ0) is 14.8. The van der Waals surface area contributed by atoms with Crippen LogP contribution < -0.4 is 4.74 Å². The molecule has 0 aliphatic carbocycles. The highest BCUT2D eigenvalue weighted by molar-refractivity contribution is 5.75. The first-order valence-corrected chi connectivity index (χ1v) is 7.12. The lowest BCUT2D eigenvalue weighted by Gasteiger charge is -2.17. The molecule has 0 heterocycles. The highest BCUT2D eigenvalue weighted by Gasteiger charge is 2.20. The SMILES string of the molecule is CCCC(Oc1ccc(CCOC)cc1)C(=O)OCC. The summed E-state index contributed by atoms with van der Waals surface area (Å²) in [5.41, 5.74) is 1.18. The monoisotopic (exact) mass is 280 g/mol. The topological polar surface area (TPSA) is 44.8 Å². The van der Waals surface area contributed by atoms with Gasteiger partial charge in [0, 0.05) is 7.11 Å². The average molecular weight is 280 g/mol. The minimum Gasteiger partial charge on any atom is -0.479 e. The van der Waals surface area contributed by atoms with Crippen LogP contribution >= 0.6 is 0 Å². The molecule has 0 saturated carbocycles. The second kappa shape index (κ2) is 9.37. The molecule has 112 valence electrons. The van der Waals surface area contributed by atoms with Crippen LogP contribution in [0.25, 0.3) is 0 Å². The van der Waals surface area contributed by atoms with E-state index in [0.717, 1.165) is 12.8 Å². The van der Waals surface area contributed by atoms with E-state index in [2.05, 4.69) is 0 Å². The number of methoxy groups -OCH3 is 1. The third kappa shape index (κ3) is 5.61. The number of hydrogen-bond acceptors (Lipinski definition) is 4. The Hall–Kier alpha value is -1.55. The van der Waals surface area contributed by atoms with Gasteiger partial charge in [-0.25, -0.2) is 4.79 Å². The Bertz CT molecular complexity index is 386. The minimum atomic E-state index is -0.523. The molecule has 1 atom stereocenters. The minimum absolute atomic E-state index is 0.294. The Morgan fingerprint density at radius 2 is 1.90 bits per heavy atom. The van der Waals surface area contributed by atoms with Crippen LogP contribution in [0.4, 0.5) is 0 Å². The van der Waals surface area contributed by atoms with Crippen LogP contribution in [0.1, 0.15) is 32.3 Å². The molecule has 1 aromatic carbocycles. The van der Waals surface area contributed by atoms with Crippen LogP contribution in [0.2, 0.25) is 0 Å². The summed E-state index contributed by atoms with van der Waals surface area (Å²) in [6.45, 7) is 4.88. The lowest BCUT2D eigenvalue weighted by molar-refractivity contribution is -0.151. The molecule has 20 heavy (non-hydrogen) atoms. The second-order valence-electron chi connectivity index (χ2n) is 4.53. The number of rotatable bonds is 9. The first kappa shape index (κ1) is 16.5. The van der Waals surface area contributed by atoms with Crippen molar-refractivity contribution in [3.05, 3.63) is 29.8 Å². The Morgan fingerprint density at radius 1 is 1.20 bits per heavy atom. The molecule has 4 nitrogen and oxygen atoms in total. The van der Waals surface area contributed by atoms with Crippen LogP contribution in [0.15, 0.2) is 24.3 Å². The van der Waals surface area contributed by atoms with Gasteiger partial charge in [0.15, 0.2) is 6.10 Å². The molecule has 0 fully saturated rings. The lowest BCUT2D eigenvalue weighted by Crippen LogP contribution is -2.29. The van der Waals surface area contributed by atoms with Crippen LogP contribution in [0.5, 0.6) is 5.75 Å². The van der Waals surface area contributed by atoms with E-state index in [9.17, 15) is 4.79 Å². The van der Waals surface area contributed by atoms with Gasteiger partial charge in [-0.2, -0.15) is 0 Å². The third-order valence-corrected chi connectivity index (χ3v) is 2.90. The summed E-state index contributed by atoms with van der Waals surface area (Å²) in [4.78, 5) is 11.8. The quantitative estimate of drug-likeness (QED) is 0.652. The maximum atomic E-state index is 11.8. The van der Waals surface area contributed by atoms with E-state index < -0.39 is 6.10 Å². The van der Waals surface area contributed by atoms with E-state index in [-0.39, 0.29) is 5.97 Å². The number of hydrogen-bond donors (Lipinski definition) is 0. The molecule has 0 radical (unpaired) electrons. The predicted octanol–water partition coefficient (Wildman–Crippen LogP) is 2.99. The fourth-order valence-electron chi connectivity index (χ4n) is 1.84. The molecule has 0 bridgehead atoms. The summed E-state index contributed by atoms with van der Waals surface area (Å²) < 4.78 is 15.8. The Kier molecular flexibility index (Phi) is 7.73. The van der Waals surface area contributed by atoms with Crippen molar-refractivity contribution >= 4 is 5.97 Å². The smallest absolute Gasteiger partial charge is 0.347 e. The standard InChI is InChI=1S/C16H24O4/c1-4-6-15(16(17)19-5-2)20-14-9-7-13(8-10-14)11-12-18-3/h7-10,15H,4-6,11-12H2,1-3H3. The number of ether oxygens (including phenoxy) is 3. The van der Waals surface area contributed by atoms with Gasteiger partial charge in [-0.1, -0.05) is 25.5 Å². The maximum absolute atomic E-state index is 11.8. The van der Waals surface area contributed by atoms with E-state index in [1.807, 2.05) is 31.2 Å². The molecule has 1 aromatic rings. The Labute approximate surface area is 121 Å². The third-order valence-electron chi connectivity index (χ3n) is 2.90. The average Bonchev–Trinajstić information content (AvgIpc) is 2.46. The molecule has 0 aromatic heterocycles. The highest BCUT2D eigenvalue weighted by atomic mass is 16.6. The van der Waals surface area contributed by atoms with Crippen molar-refractivity contribution in [2.24, 2.45) is 0 Å². The van der Waals surface area contributed by atoms with Crippen molar-refractivity contribution in [3.63, 3.8) is 0 Å². The van der Waals surface area contributed by atoms with Crippen LogP contribution in [-0.4, -0.2) is 32.4 Å². The van der Waals surface area contributed by atoms with Gasteiger partial charge in [-0.15, -0.1) is 0 Å². The summed E-state index contributed by atoms with van der Waals surface area (Å²) >= 11 is 0. The van der Waals surface area contributed by atoms with Crippen LogP contribution in [-0.2, 0) is 20.7 Å². The Balaban J connectivity index is 2.61. The molecule has 1 unspecified atom stereocenters. The predicted molar refractivity (Wildman–Crippen MR) is 78.0 cm³/mol. The summed E-state index contributed by atoms with van der Waals surface area (Å²) in [5, 5.41) is 0. The molecule has 0 amide bonds. The first-order valence-electron chi connectivity index (χ1n) is 7.12. The van der Waals surface area contributed by atoms with Crippen LogP contribution in [0, 0.1) is 0 Å². The van der Waals surface area contributed by atoms with Gasteiger partial charge in [-0.3, -0.25) is 0 Å². The largest absolute Gasteiger partial charge is 0.479 e. The summed E-state index contributed by atoms with van der Waals surface area (Å²) in [7, 11) is 1.69. The van der Waals surface area contributed by atoms with Gasteiger partial charge in [0.25, 0.3) is 0 Å². The van der Waals surface area contributed by atoms with Crippen molar-refractivity contribution in [1.82, 2.24) is 0 Å².